The Kier molecular flexibility index (Phi) is 2.97. The van der Waals surface area contributed by atoms with E-state index in [0.29, 0.717) is 0 Å². The number of hydrogen-bond donors (Lipinski definition) is 1. The van der Waals surface area contributed by atoms with Crippen LogP contribution < -0.4 is 0 Å². The van der Waals surface area contributed by atoms with Crippen molar-refractivity contribution < 1.29 is 14.7 Å². The molecule has 0 saturated carbocycles. The number of carbonyl (C=O) groups excluding carboxylic acids is 1. The van der Waals surface area contributed by atoms with Crippen molar-refractivity contribution in [3.05, 3.63) is 42.0 Å². The highest BCUT2D eigenvalue weighted by Gasteiger charge is 2.04. The Morgan fingerprint density at radius 1 is 1.15 bits per heavy atom. The van der Waals surface area contributed by atoms with Crippen LogP contribution >= 0.6 is 0 Å². The van der Waals surface area contributed by atoms with Gasteiger partial charge in [-0.25, -0.2) is 4.79 Å². The van der Waals surface area contributed by atoms with E-state index in [-0.39, 0.29) is 0 Å². The summed E-state index contributed by atoms with van der Waals surface area (Å²) in [7, 11) is 0. The zero-order valence-electron chi connectivity index (χ0n) is 6.81. The lowest BCUT2D eigenvalue weighted by molar-refractivity contribution is -0.146. The minimum atomic E-state index is -1.44. The SMILES string of the molecule is O=C(O)C(=O)C=Cc1ccccc1. The first-order valence-corrected chi connectivity index (χ1v) is 3.70. The summed E-state index contributed by atoms with van der Waals surface area (Å²) in [5, 5.41) is 8.26. The molecule has 0 radical (unpaired) electrons. The molecule has 0 unspecified atom stereocenters. The van der Waals surface area contributed by atoms with Crippen molar-refractivity contribution in [2.45, 2.75) is 0 Å². The number of carboxylic acid groups (broad SMARTS) is 1. The van der Waals surface area contributed by atoms with Crippen molar-refractivity contribution in [1.29, 1.82) is 0 Å². The summed E-state index contributed by atoms with van der Waals surface area (Å²) < 4.78 is 0. The van der Waals surface area contributed by atoms with Gasteiger partial charge in [0.25, 0.3) is 5.78 Å². The van der Waals surface area contributed by atoms with Gasteiger partial charge in [0.05, 0.1) is 0 Å². The Bertz CT molecular complexity index is 338. The highest BCUT2D eigenvalue weighted by Crippen LogP contribution is 2.00. The first-order valence-electron chi connectivity index (χ1n) is 3.70. The van der Waals surface area contributed by atoms with Crippen LogP contribution in [0.4, 0.5) is 0 Å². The molecule has 1 N–H and O–H groups in total. The van der Waals surface area contributed by atoms with Crippen molar-refractivity contribution in [3.63, 3.8) is 0 Å². The third-order valence-corrected chi connectivity index (χ3v) is 1.44. The van der Waals surface area contributed by atoms with Crippen molar-refractivity contribution in [1.82, 2.24) is 0 Å². The van der Waals surface area contributed by atoms with E-state index in [1.165, 1.54) is 6.08 Å². The van der Waals surface area contributed by atoms with Crippen LogP contribution in [0.3, 0.4) is 0 Å². The number of carbonyl (C=O) groups is 2. The first kappa shape index (κ1) is 9.19. The maximum Gasteiger partial charge on any atom is 0.376 e. The van der Waals surface area contributed by atoms with Crippen molar-refractivity contribution >= 4 is 17.8 Å². The Hall–Kier alpha value is -1.90. The molecule has 0 fully saturated rings. The number of benzene rings is 1. The summed E-state index contributed by atoms with van der Waals surface area (Å²) in [4.78, 5) is 20.7. The van der Waals surface area contributed by atoms with E-state index in [4.69, 9.17) is 5.11 Å². The summed E-state index contributed by atoms with van der Waals surface area (Å²) in [6, 6.07) is 9.03. The molecule has 3 nitrogen and oxygen atoms in total. The predicted octanol–water partition coefficient (Wildman–Crippen LogP) is 1.35. The lowest BCUT2D eigenvalue weighted by atomic mass is 10.2. The molecule has 13 heavy (non-hydrogen) atoms. The van der Waals surface area contributed by atoms with Gasteiger partial charge in [0.1, 0.15) is 0 Å². The highest BCUT2D eigenvalue weighted by atomic mass is 16.4. The summed E-state index contributed by atoms with van der Waals surface area (Å²) in [6.45, 7) is 0. The van der Waals surface area contributed by atoms with Gasteiger partial charge in [0.2, 0.25) is 0 Å². The molecule has 0 heterocycles. The smallest absolute Gasteiger partial charge is 0.376 e. The van der Waals surface area contributed by atoms with Crippen LogP contribution in [0, 0.1) is 0 Å². The van der Waals surface area contributed by atoms with Gasteiger partial charge in [-0.1, -0.05) is 36.4 Å². The molecule has 3 heteroatoms. The number of ketones is 1. The van der Waals surface area contributed by atoms with Gasteiger partial charge >= 0.3 is 5.97 Å². The average molecular weight is 176 g/mol. The molecule has 0 aliphatic rings. The Morgan fingerprint density at radius 3 is 2.31 bits per heavy atom. The average Bonchev–Trinajstić information content (AvgIpc) is 2.15. The Balaban J connectivity index is 2.70. The molecule has 1 aromatic rings. The summed E-state index contributed by atoms with van der Waals surface area (Å²) in [5.41, 5.74) is 0.803. The fourth-order valence-electron chi connectivity index (χ4n) is 0.807. The quantitative estimate of drug-likeness (QED) is 0.558. The minimum Gasteiger partial charge on any atom is -0.475 e. The van der Waals surface area contributed by atoms with Gasteiger partial charge in [-0.15, -0.1) is 0 Å². The number of hydrogen-bond acceptors (Lipinski definition) is 2. The van der Waals surface area contributed by atoms with E-state index in [1.54, 1.807) is 12.1 Å². The monoisotopic (exact) mass is 176 g/mol. The van der Waals surface area contributed by atoms with Gasteiger partial charge in [-0.05, 0) is 11.6 Å². The highest BCUT2D eigenvalue weighted by molar-refractivity contribution is 6.38. The summed E-state index contributed by atoms with van der Waals surface area (Å²) in [6.07, 6.45) is 2.51. The molecule has 0 saturated heterocycles. The van der Waals surface area contributed by atoms with Crippen molar-refractivity contribution in [3.8, 4) is 0 Å². The molecule has 0 atom stereocenters. The van der Waals surface area contributed by atoms with Crippen LogP contribution in [0.15, 0.2) is 36.4 Å². The maximum absolute atomic E-state index is 10.6. The normalized spacial score (nSPS) is 10.2. The van der Waals surface area contributed by atoms with Crippen LogP contribution in [0.1, 0.15) is 5.56 Å². The largest absolute Gasteiger partial charge is 0.475 e. The third-order valence-electron chi connectivity index (χ3n) is 1.44. The fraction of sp³-hybridized carbons (Fsp3) is 0. The zero-order valence-corrected chi connectivity index (χ0v) is 6.81. The molecule has 66 valence electrons. The van der Waals surface area contributed by atoms with Crippen molar-refractivity contribution in [2.75, 3.05) is 0 Å². The maximum atomic E-state index is 10.6. The molecule has 0 bridgehead atoms. The Labute approximate surface area is 75.3 Å². The van der Waals surface area contributed by atoms with Gasteiger partial charge in [0, 0.05) is 0 Å². The van der Waals surface area contributed by atoms with E-state index >= 15 is 0 Å². The Morgan fingerprint density at radius 2 is 1.77 bits per heavy atom. The van der Waals surface area contributed by atoms with Gasteiger partial charge in [-0.2, -0.15) is 0 Å². The molecule has 1 aromatic carbocycles. The van der Waals surface area contributed by atoms with Crippen LogP contribution in [-0.2, 0) is 9.59 Å². The van der Waals surface area contributed by atoms with Crippen LogP contribution in [0.5, 0.6) is 0 Å². The van der Waals surface area contributed by atoms with E-state index in [2.05, 4.69) is 0 Å². The van der Waals surface area contributed by atoms with Crippen LogP contribution in [0.2, 0.25) is 0 Å². The third kappa shape index (κ3) is 2.91. The second kappa shape index (κ2) is 4.21. The minimum absolute atomic E-state index is 0.803. The summed E-state index contributed by atoms with van der Waals surface area (Å²) >= 11 is 0. The van der Waals surface area contributed by atoms with E-state index in [0.717, 1.165) is 11.6 Å². The van der Waals surface area contributed by atoms with Gasteiger partial charge in [0.15, 0.2) is 0 Å². The lowest BCUT2D eigenvalue weighted by Gasteiger charge is -1.89. The molecule has 0 aromatic heterocycles. The molecule has 0 aliphatic heterocycles. The number of carboxylic acids is 1. The van der Waals surface area contributed by atoms with Crippen molar-refractivity contribution in [2.24, 2.45) is 0 Å². The zero-order chi connectivity index (χ0) is 9.68. The van der Waals surface area contributed by atoms with Crippen LogP contribution in [-0.4, -0.2) is 16.9 Å². The second-order valence-corrected chi connectivity index (χ2v) is 2.41. The van der Waals surface area contributed by atoms with E-state index in [9.17, 15) is 9.59 Å². The molecule has 0 spiro atoms. The second-order valence-electron chi connectivity index (χ2n) is 2.41. The lowest BCUT2D eigenvalue weighted by Crippen LogP contribution is -2.08. The van der Waals surface area contributed by atoms with E-state index in [1.807, 2.05) is 18.2 Å². The summed E-state index contributed by atoms with van der Waals surface area (Å²) in [5.74, 6) is -2.35. The van der Waals surface area contributed by atoms with E-state index < -0.39 is 11.8 Å². The number of rotatable bonds is 3. The molecule has 0 amide bonds. The predicted molar refractivity (Wildman–Crippen MR) is 48.1 cm³/mol. The van der Waals surface area contributed by atoms with Gasteiger partial charge in [-0.3, -0.25) is 4.79 Å². The standard InChI is InChI=1S/C10H8O3/c11-9(10(12)13)7-6-8-4-2-1-3-5-8/h1-7H,(H,12,13). The topological polar surface area (TPSA) is 54.4 Å². The number of aliphatic carboxylic acids is 1. The molecule has 0 aliphatic carbocycles. The first-order chi connectivity index (χ1) is 6.20. The molecular weight excluding hydrogens is 168 g/mol. The van der Waals surface area contributed by atoms with Crippen LogP contribution in [0.25, 0.3) is 6.08 Å². The molecule has 1 rings (SSSR count). The molecular formula is C10H8O3. The van der Waals surface area contributed by atoms with Gasteiger partial charge < -0.3 is 5.11 Å². The fourth-order valence-corrected chi connectivity index (χ4v) is 0.807.